The molecule has 25 heavy (non-hydrogen) atoms. The Bertz CT molecular complexity index is 731. The first-order chi connectivity index (χ1) is 12.3. The second-order valence-electron chi connectivity index (χ2n) is 7.08. The Kier molecular flexibility index (Phi) is 4.59. The van der Waals surface area contributed by atoms with Gasteiger partial charge >= 0.3 is 6.03 Å². The predicted octanol–water partition coefficient (Wildman–Crippen LogP) is 3.50. The number of hydrogen-bond donors (Lipinski definition) is 2. The number of aryl methyl sites for hydroxylation is 1. The Hall–Kier alpha value is -2.49. The monoisotopic (exact) mass is 335 g/mol. The lowest BCUT2D eigenvalue weighted by Crippen LogP contribution is -2.40. The van der Waals surface area contributed by atoms with Crippen LogP contribution in [0.5, 0.6) is 0 Å². The minimum atomic E-state index is -0.0418. The molecule has 0 radical (unpaired) electrons. The summed E-state index contributed by atoms with van der Waals surface area (Å²) in [5.74, 6) is 0.516. The Morgan fingerprint density at radius 3 is 2.72 bits per heavy atom. The molecule has 1 aliphatic carbocycles. The smallest absolute Gasteiger partial charge is 0.315 e. The maximum atomic E-state index is 12.3. The Morgan fingerprint density at radius 1 is 1.04 bits per heavy atom. The lowest BCUT2D eigenvalue weighted by Gasteiger charge is -2.19. The number of urea groups is 1. The Balaban J connectivity index is 1.25. The van der Waals surface area contributed by atoms with Crippen LogP contribution in [0, 0.1) is 5.92 Å². The van der Waals surface area contributed by atoms with Crippen molar-refractivity contribution in [3.63, 3.8) is 0 Å². The number of hydrogen-bond acceptors (Lipinski definition) is 2. The fraction of sp³-hybridized carbons (Fsp3) is 0.381. The Morgan fingerprint density at radius 2 is 1.84 bits per heavy atom. The molecular weight excluding hydrogens is 310 g/mol. The largest absolute Gasteiger partial charge is 0.371 e. The van der Waals surface area contributed by atoms with Gasteiger partial charge in [-0.25, -0.2) is 4.79 Å². The van der Waals surface area contributed by atoms with Gasteiger partial charge in [-0.1, -0.05) is 42.5 Å². The maximum absolute atomic E-state index is 12.3. The van der Waals surface area contributed by atoms with Gasteiger partial charge in [0.05, 0.1) is 6.04 Å². The van der Waals surface area contributed by atoms with Crippen molar-refractivity contribution in [2.75, 3.05) is 24.5 Å². The molecule has 4 heteroatoms. The highest BCUT2D eigenvalue weighted by molar-refractivity contribution is 5.74. The zero-order valence-electron chi connectivity index (χ0n) is 14.4. The van der Waals surface area contributed by atoms with Gasteiger partial charge in [-0.2, -0.15) is 0 Å². The van der Waals surface area contributed by atoms with Crippen molar-refractivity contribution in [3.05, 3.63) is 65.7 Å². The summed E-state index contributed by atoms with van der Waals surface area (Å²) in [4.78, 5) is 14.7. The number of carbonyl (C=O) groups excluding carboxylic acids is 1. The zero-order valence-corrected chi connectivity index (χ0v) is 14.4. The van der Waals surface area contributed by atoms with Gasteiger partial charge in [0, 0.05) is 25.3 Å². The van der Waals surface area contributed by atoms with Gasteiger partial charge in [0.25, 0.3) is 0 Å². The van der Waals surface area contributed by atoms with Gasteiger partial charge in [0.1, 0.15) is 0 Å². The zero-order chi connectivity index (χ0) is 17.1. The molecule has 0 aromatic heterocycles. The van der Waals surface area contributed by atoms with Crippen LogP contribution in [-0.4, -0.2) is 25.7 Å². The number of fused-ring (bicyclic) bond motifs is 1. The van der Waals surface area contributed by atoms with Gasteiger partial charge < -0.3 is 15.5 Å². The molecule has 1 aliphatic heterocycles. The summed E-state index contributed by atoms with van der Waals surface area (Å²) in [7, 11) is 0. The molecule has 1 heterocycles. The van der Waals surface area contributed by atoms with Crippen LogP contribution in [0.25, 0.3) is 0 Å². The number of nitrogens with one attached hydrogen (secondary N) is 2. The maximum Gasteiger partial charge on any atom is 0.315 e. The van der Waals surface area contributed by atoms with Gasteiger partial charge in [-0.15, -0.1) is 0 Å². The molecule has 4 nitrogen and oxygen atoms in total. The van der Waals surface area contributed by atoms with Gasteiger partial charge in [-0.05, 0) is 48.4 Å². The van der Waals surface area contributed by atoms with Gasteiger partial charge in [-0.3, -0.25) is 0 Å². The third kappa shape index (κ3) is 3.63. The molecule has 0 spiro atoms. The quantitative estimate of drug-likeness (QED) is 0.898. The molecular formula is C21H25N3O. The minimum Gasteiger partial charge on any atom is -0.371 e. The third-order valence-electron chi connectivity index (χ3n) is 5.40. The number of amides is 2. The number of carbonyl (C=O) groups is 1. The normalized spacial score (nSPS) is 21.8. The van der Waals surface area contributed by atoms with E-state index in [-0.39, 0.29) is 12.1 Å². The van der Waals surface area contributed by atoms with Gasteiger partial charge in [0.2, 0.25) is 0 Å². The van der Waals surface area contributed by atoms with Crippen LogP contribution in [0.2, 0.25) is 0 Å². The second-order valence-corrected chi connectivity index (χ2v) is 7.08. The van der Waals surface area contributed by atoms with E-state index in [9.17, 15) is 4.79 Å². The Labute approximate surface area is 149 Å². The van der Waals surface area contributed by atoms with E-state index in [1.807, 2.05) is 12.1 Å². The van der Waals surface area contributed by atoms with E-state index in [2.05, 4.69) is 58.0 Å². The number of para-hydroxylation sites is 1. The van der Waals surface area contributed by atoms with Crippen molar-refractivity contribution in [2.45, 2.75) is 25.3 Å². The number of benzene rings is 2. The molecule has 1 saturated heterocycles. The van der Waals surface area contributed by atoms with E-state index >= 15 is 0 Å². The van der Waals surface area contributed by atoms with Crippen molar-refractivity contribution in [2.24, 2.45) is 5.92 Å². The minimum absolute atomic E-state index is 0.0418. The molecule has 2 amide bonds. The average Bonchev–Trinajstić information content (AvgIpc) is 3.28. The standard InChI is InChI=1S/C21H25N3O/c25-21(23-20-11-10-17-6-4-5-9-19(17)20)22-14-16-12-13-24(15-16)18-7-2-1-3-8-18/h1-9,16,20H,10-15H2,(H2,22,23,25)/t16-,20+/m0/s1. The van der Waals surface area contributed by atoms with Crippen molar-refractivity contribution >= 4 is 11.7 Å². The molecule has 2 aromatic rings. The summed E-state index contributed by atoms with van der Waals surface area (Å²) in [5.41, 5.74) is 3.91. The number of anilines is 1. The molecule has 130 valence electrons. The SMILES string of the molecule is O=C(NC[C@@H]1CCN(c2ccccc2)C1)N[C@@H]1CCc2ccccc21. The summed E-state index contributed by atoms with van der Waals surface area (Å²) in [6.07, 6.45) is 3.18. The van der Waals surface area contributed by atoms with E-state index in [1.165, 1.54) is 16.8 Å². The van der Waals surface area contributed by atoms with Crippen LogP contribution in [0.1, 0.15) is 30.0 Å². The van der Waals surface area contributed by atoms with Crippen LogP contribution in [0.4, 0.5) is 10.5 Å². The molecule has 0 saturated carbocycles. The van der Waals surface area contributed by atoms with E-state index in [0.29, 0.717) is 5.92 Å². The average molecular weight is 335 g/mol. The topological polar surface area (TPSA) is 44.4 Å². The molecule has 2 N–H and O–H groups in total. The second kappa shape index (κ2) is 7.18. The highest BCUT2D eigenvalue weighted by Gasteiger charge is 2.25. The number of nitrogens with zero attached hydrogens (tertiary/aromatic N) is 1. The van der Waals surface area contributed by atoms with E-state index in [0.717, 1.165) is 38.9 Å². The van der Waals surface area contributed by atoms with Crippen molar-refractivity contribution < 1.29 is 4.79 Å². The lowest BCUT2D eigenvalue weighted by molar-refractivity contribution is 0.235. The molecule has 4 rings (SSSR count). The lowest BCUT2D eigenvalue weighted by atomic mass is 10.1. The fourth-order valence-corrected chi connectivity index (χ4v) is 4.03. The summed E-state index contributed by atoms with van der Waals surface area (Å²) in [6, 6.07) is 19.0. The van der Waals surface area contributed by atoms with E-state index in [4.69, 9.17) is 0 Å². The van der Waals surface area contributed by atoms with Crippen molar-refractivity contribution in [1.29, 1.82) is 0 Å². The van der Waals surface area contributed by atoms with Crippen molar-refractivity contribution in [3.8, 4) is 0 Å². The molecule has 2 aromatic carbocycles. The van der Waals surface area contributed by atoms with Crippen LogP contribution >= 0.6 is 0 Å². The third-order valence-corrected chi connectivity index (χ3v) is 5.40. The fourth-order valence-electron chi connectivity index (χ4n) is 4.03. The van der Waals surface area contributed by atoms with E-state index < -0.39 is 0 Å². The molecule has 2 atom stereocenters. The first-order valence-electron chi connectivity index (χ1n) is 9.22. The predicted molar refractivity (Wildman–Crippen MR) is 101 cm³/mol. The summed E-state index contributed by atoms with van der Waals surface area (Å²) < 4.78 is 0. The molecule has 2 aliphatic rings. The van der Waals surface area contributed by atoms with Crippen LogP contribution < -0.4 is 15.5 Å². The highest BCUT2D eigenvalue weighted by atomic mass is 16.2. The molecule has 0 unspecified atom stereocenters. The first kappa shape index (κ1) is 16.0. The van der Waals surface area contributed by atoms with E-state index in [1.54, 1.807) is 0 Å². The van der Waals surface area contributed by atoms with Crippen LogP contribution in [0.15, 0.2) is 54.6 Å². The molecule has 0 bridgehead atoms. The van der Waals surface area contributed by atoms with Crippen molar-refractivity contribution in [1.82, 2.24) is 10.6 Å². The van der Waals surface area contributed by atoms with Crippen LogP contribution in [0.3, 0.4) is 0 Å². The highest BCUT2D eigenvalue weighted by Crippen LogP contribution is 2.30. The number of rotatable bonds is 4. The van der Waals surface area contributed by atoms with Crippen LogP contribution in [-0.2, 0) is 6.42 Å². The summed E-state index contributed by atoms with van der Waals surface area (Å²) in [6.45, 7) is 2.81. The van der Waals surface area contributed by atoms with Gasteiger partial charge in [0.15, 0.2) is 0 Å². The summed E-state index contributed by atoms with van der Waals surface area (Å²) >= 11 is 0. The molecule has 1 fully saturated rings. The summed E-state index contributed by atoms with van der Waals surface area (Å²) in [5, 5.41) is 6.22. The first-order valence-corrected chi connectivity index (χ1v) is 9.22.